The van der Waals surface area contributed by atoms with Gasteiger partial charge in [0.25, 0.3) is 5.92 Å². The van der Waals surface area contributed by atoms with Crippen LogP contribution in [0.5, 0.6) is 0 Å². The molecule has 11 heteroatoms. The van der Waals surface area contributed by atoms with E-state index in [-0.39, 0.29) is 31.5 Å². The van der Waals surface area contributed by atoms with Gasteiger partial charge in [-0.05, 0) is 49.2 Å². The summed E-state index contributed by atoms with van der Waals surface area (Å²) in [5.74, 6) is -2.25. The number of alkyl halides is 5. The van der Waals surface area contributed by atoms with Crippen LogP contribution in [-0.2, 0) is 6.18 Å². The molecule has 0 saturated carbocycles. The monoisotopic (exact) mass is 490 g/mol. The first-order valence-corrected chi connectivity index (χ1v) is 11.2. The smallest absolute Gasteiger partial charge is 0.371 e. The fourth-order valence-corrected chi connectivity index (χ4v) is 4.67. The van der Waals surface area contributed by atoms with Crippen LogP contribution in [0, 0.1) is 6.92 Å². The minimum Gasteiger partial charge on any atom is -0.371 e. The van der Waals surface area contributed by atoms with Gasteiger partial charge in [0.15, 0.2) is 11.5 Å². The quantitative estimate of drug-likeness (QED) is 0.355. The number of halogens is 5. The van der Waals surface area contributed by atoms with Crippen molar-refractivity contribution in [2.75, 3.05) is 23.3 Å². The molecule has 1 fully saturated rings. The summed E-state index contributed by atoms with van der Waals surface area (Å²) < 4.78 is 69.0. The standard InChI is InChI=1S/C24H23F5N6/c1-14-17(4-3-5-20(14)24(27,28)29)15(2)32-21-19-12-16(34-10-8-23(25,26)9-11-34)6-7-18(19)22-30-13-31-35(22)33-21/h3-7,12-13,15H,8-11H2,1-2H3,(H,32,33). The van der Waals surface area contributed by atoms with Crippen LogP contribution >= 0.6 is 0 Å². The van der Waals surface area contributed by atoms with E-state index in [1.54, 1.807) is 13.0 Å². The van der Waals surface area contributed by atoms with E-state index in [4.69, 9.17) is 0 Å². The molecule has 3 heterocycles. The molecule has 1 atom stereocenters. The van der Waals surface area contributed by atoms with Gasteiger partial charge in [-0.25, -0.2) is 13.8 Å². The van der Waals surface area contributed by atoms with Crippen molar-refractivity contribution >= 4 is 27.9 Å². The molecule has 0 radical (unpaired) electrons. The maximum absolute atomic E-state index is 13.7. The topological polar surface area (TPSA) is 58.4 Å². The minimum absolute atomic E-state index is 0.140. The second-order valence-corrected chi connectivity index (χ2v) is 8.88. The molecular formula is C24H23F5N6. The van der Waals surface area contributed by atoms with Crippen LogP contribution in [0.15, 0.2) is 42.7 Å². The molecule has 2 aromatic carbocycles. The largest absolute Gasteiger partial charge is 0.416 e. The van der Waals surface area contributed by atoms with Crippen molar-refractivity contribution in [1.29, 1.82) is 0 Å². The van der Waals surface area contributed by atoms with Gasteiger partial charge < -0.3 is 10.2 Å². The molecule has 0 spiro atoms. The predicted molar refractivity (Wildman–Crippen MR) is 123 cm³/mol. The highest BCUT2D eigenvalue weighted by Crippen LogP contribution is 2.37. The Balaban J connectivity index is 1.55. The van der Waals surface area contributed by atoms with Crippen LogP contribution in [0.3, 0.4) is 0 Å². The van der Waals surface area contributed by atoms with Crippen LogP contribution in [0.2, 0.25) is 0 Å². The zero-order valence-corrected chi connectivity index (χ0v) is 19.1. The lowest BCUT2D eigenvalue weighted by molar-refractivity contribution is -0.138. The Labute approximate surface area is 197 Å². The van der Waals surface area contributed by atoms with E-state index in [9.17, 15) is 22.0 Å². The summed E-state index contributed by atoms with van der Waals surface area (Å²) in [6.07, 6.45) is -3.52. The molecule has 1 aliphatic heterocycles. The van der Waals surface area contributed by atoms with Crippen LogP contribution in [0.1, 0.15) is 42.5 Å². The van der Waals surface area contributed by atoms with E-state index in [2.05, 4.69) is 20.5 Å². The number of aromatic nitrogens is 4. The third-order valence-electron chi connectivity index (χ3n) is 6.59. The normalized spacial score (nSPS) is 17.2. The lowest BCUT2D eigenvalue weighted by Crippen LogP contribution is -2.39. The molecule has 0 aliphatic carbocycles. The van der Waals surface area contributed by atoms with Crippen molar-refractivity contribution in [3.8, 4) is 0 Å². The van der Waals surface area contributed by atoms with Crippen molar-refractivity contribution in [3.05, 3.63) is 59.4 Å². The molecule has 2 aromatic heterocycles. The lowest BCUT2D eigenvalue weighted by Gasteiger charge is -2.33. The van der Waals surface area contributed by atoms with Crippen molar-refractivity contribution in [1.82, 2.24) is 19.8 Å². The highest BCUT2D eigenvalue weighted by atomic mass is 19.4. The first kappa shape index (κ1) is 23.3. The van der Waals surface area contributed by atoms with Gasteiger partial charge in [-0.1, -0.05) is 12.1 Å². The molecule has 6 nitrogen and oxygen atoms in total. The molecule has 184 valence electrons. The number of benzene rings is 2. The van der Waals surface area contributed by atoms with E-state index in [0.29, 0.717) is 22.4 Å². The fourth-order valence-electron chi connectivity index (χ4n) is 4.67. The number of fused-ring (bicyclic) bond motifs is 3. The van der Waals surface area contributed by atoms with Crippen LogP contribution in [-0.4, -0.2) is 38.8 Å². The Bertz CT molecular complexity index is 1390. The lowest BCUT2D eigenvalue weighted by atomic mass is 9.97. The maximum Gasteiger partial charge on any atom is 0.416 e. The van der Waals surface area contributed by atoms with Gasteiger partial charge in [-0.15, -0.1) is 14.8 Å². The van der Waals surface area contributed by atoms with Crippen LogP contribution in [0.4, 0.5) is 33.5 Å². The SMILES string of the molecule is Cc1c(C(C)Nc2nn3ncnc3c3ccc(N4CCC(F)(F)CC4)cc23)cccc1C(F)(F)F. The summed E-state index contributed by atoms with van der Waals surface area (Å²) in [5.41, 5.74) is 1.23. The van der Waals surface area contributed by atoms with Gasteiger partial charge in [0.2, 0.25) is 0 Å². The molecule has 5 rings (SSSR count). The molecule has 1 unspecified atom stereocenters. The fraction of sp³-hybridized carbons (Fsp3) is 0.375. The number of nitrogens with one attached hydrogen (secondary N) is 1. The van der Waals surface area contributed by atoms with Crippen molar-refractivity contribution < 1.29 is 22.0 Å². The van der Waals surface area contributed by atoms with Crippen molar-refractivity contribution in [2.24, 2.45) is 0 Å². The van der Waals surface area contributed by atoms with Crippen LogP contribution < -0.4 is 10.2 Å². The number of rotatable bonds is 4. The van der Waals surface area contributed by atoms with E-state index in [1.165, 1.54) is 23.9 Å². The molecule has 1 aliphatic rings. The molecule has 0 bridgehead atoms. The summed E-state index contributed by atoms with van der Waals surface area (Å²) >= 11 is 0. The van der Waals surface area contributed by atoms with E-state index in [0.717, 1.165) is 17.1 Å². The molecular weight excluding hydrogens is 467 g/mol. The van der Waals surface area contributed by atoms with Crippen molar-refractivity contribution in [3.63, 3.8) is 0 Å². The maximum atomic E-state index is 13.7. The van der Waals surface area contributed by atoms with Gasteiger partial charge in [-0.3, -0.25) is 0 Å². The molecule has 1 saturated heterocycles. The second-order valence-electron chi connectivity index (χ2n) is 8.88. The van der Waals surface area contributed by atoms with Gasteiger partial charge in [0.1, 0.15) is 6.33 Å². The highest BCUT2D eigenvalue weighted by molar-refractivity contribution is 6.01. The van der Waals surface area contributed by atoms with Crippen LogP contribution in [0.25, 0.3) is 16.4 Å². The van der Waals surface area contributed by atoms with Gasteiger partial charge >= 0.3 is 6.18 Å². The van der Waals surface area contributed by atoms with Gasteiger partial charge in [0.05, 0.1) is 11.6 Å². The summed E-state index contributed by atoms with van der Waals surface area (Å²) in [7, 11) is 0. The average molecular weight is 490 g/mol. The first-order valence-electron chi connectivity index (χ1n) is 11.2. The Morgan fingerprint density at radius 1 is 1.06 bits per heavy atom. The molecule has 1 N–H and O–H groups in total. The summed E-state index contributed by atoms with van der Waals surface area (Å²) in [6.45, 7) is 3.66. The number of piperidine rings is 1. The summed E-state index contributed by atoms with van der Waals surface area (Å²) in [4.78, 5) is 6.16. The average Bonchev–Trinajstić information content (AvgIpc) is 3.27. The first-order chi connectivity index (χ1) is 16.5. The Hall–Kier alpha value is -3.50. The summed E-state index contributed by atoms with van der Waals surface area (Å²) in [5, 5.41) is 13.3. The number of hydrogen-bond donors (Lipinski definition) is 1. The van der Waals surface area contributed by atoms with Gasteiger partial charge in [-0.2, -0.15) is 13.2 Å². The number of hydrogen-bond acceptors (Lipinski definition) is 5. The third-order valence-corrected chi connectivity index (χ3v) is 6.59. The zero-order chi connectivity index (χ0) is 25.0. The summed E-state index contributed by atoms with van der Waals surface area (Å²) in [6, 6.07) is 9.14. The Morgan fingerprint density at radius 3 is 2.51 bits per heavy atom. The molecule has 0 amide bonds. The van der Waals surface area contributed by atoms with Gasteiger partial charge in [0, 0.05) is 42.4 Å². The molecule has 35 heavy (non-hydrogen) atoms. The second kappa shape index (κ2) is 8.31. The Morgan fingerprint density at radius 2 is 1.80 bits per heavy atom. The zero-order valence-electron chi connectivity index (χ0n) is 19.1. The Kier molecular flexibility index (Phi) is 5.52. The third kappa shape index (κ3) is 4.35. The van der Waals surface area contributed by atoms with E-state index in [1.807, 2.05) is 23.1 Å². The number of nitrogens with zero attached hydrogens (tertiary/aromatic N) is 5. The van der Waals surface area contributed by atoms with Crippen molar-refractivity contribution in [2.45, 2.75) is 44.8 Å². The molecule has 4 aromatic rings. The van der Waals surface area contributed by atoms with E-state index >= 15 is 0 Å². The number of anilines is 2. The van der Waals surface area contributed by atoms with E-state index < -0.39 is 23.7 Å². The highest BCUT2D eigenvalue weighted by Gasteiger charge is 2.35. The predicted octanol–water partition coefficient (Wildman–Crippen LogP) is 6.01. The minimum atomic E-state index is -4.45.